The lowest BCUT2D eigenvalue weighted by Gasteiger charge is -2.10. The molecule has 0 aliphatic rings. The molecule has 0 saturated carbocycles. The van der Waals surface area contributed by atoms with Crippen LogP contribution < -0.4 is 5.73 Å². The summed E-state index contributed by atoms with van der Waals surface area (Å²) in [4.78, 5) is 0. The van der Waals surface area contributed by atoms with Crippen LogP contribution >= 0.6 is 23.2 Å². The topological polar surface area (TPSA) is 46.2 Å². The molecule has 0 heterocycles. The van der Waals surface area contributed by atoms with Crippen LogP contribution in [0, 0.1) is 0 Å². The van der Waals surface area contributed by atoms with Gasteiger partial charge in [0.15, 0.2) is 0 Å². The summed E-state index contributed by atoms with van der Waals surface area (Å²) in [5, 5.41) is 9.69. The smallest absolute Gasteiger partial charge is 0.0595 e. The van der Waals surface area contributed by atoms with E-state index in [0.29, 0.717) is 16.5 Å². The number of hydrogen-bond donors (Lipinski definition) is 2. The minimum absolute atomic E-state index is 0.0708. The Kier molecular flexibility index (Phi) is 4.00. The van der Waals surface area contributed by atoms with Gasteiger partial charge in [0.05, 0.1) is 10.0 Å². The van der Waals surface area contributed by atoms with Crippen LogP contribution in [0.3, 0.4) is 0 Å². The van der Waals surface area contributed by atoms with Crippen molar-refractivity contribution in [1.29, 1.82) is 0 Å². The van der Waals surface area contributed by atoms with Crippen LogP contribution in [0.5, 0.6) is 0 Å². The van der Waals surface area contributed by atoms with Gasteiger partial charge in [0.25, 0.3) is 0 Å². The fourth-order valence-corrected chi connectivity index (χ4v) is 1.36. The van der Waals surface area contributed by atoms with E-state index in [1.807, 2.05) is 6.07 Å². The van der Waals surface area contributed by atoms with Crippen molar-refractivity contribution in [3.63, 3.8) is 0 Å². The van der Waals surface area contributed by atoms with Crippen molar-refractivity contribution in [2.45, 2.75) is 12.5 Å². The standard InChI is InChI=1S/C9H11Cl2NO/c10-7-2-1-6(5-8(7)11)9(12)3-4-13/h1-2,5,9,13H,3-4,12H2/t9-/m0/s1. The highest BCUT2D eigenvalue weighted by Gasteiger charge is 2.06. The molecule has 13 heavy (non-hydrogen) atoms. The van der Waals surface area contributed by atoms with Gasteiger partial charge >= 0.3 is 0 Å². The van der Waals surface area contributed by atoms with E-state index in [4.69, 9.17) is 34.0 Å². The van der Waals surface area contributed by atoms with Gasteiger partial charge in [-0.25, -0.2) is 0 Å². The Morgan fingerprint density at radius 3 is 2.54 bits per heavy atom. The molecule has 0 aliphatic carbocycles. The average molecular weight is 220 g/mol. The molecule has 1 atom stereocenters. The van der Waals surface area contributed by atoms with Gasteiger partial charge in [-0.15, -0.1) is 0 Å². The van der Waals surface area contributed by atoms with Crippen LogP contribution in [-0.4, -0.2) is 11.7 Å². The van der Waals surface area contributed by atoms with Crippen LogP contribution in [0.25, 0.3) is 0 Å². The first-order valence-electron chi connectivity index (χ1n) is 3.96. The van der Waals surface area contributed by atoms with Crippen molar-refractivity contribution in [1.82, 2.24) is 0 Å². The Hall–Kier alpha value is -0.280. The van der Waals surface area contributed by atoms with Gasteiger partial charge in [0, 0.05) is 12.6 Å². The normalized spacial score (nSPS) is 12.9. The molecule has 2 nitrogen and oxygen atoms in total. The minimum Gasteiger partial charge on any atom is -0.396 e. The molecule has 1 aromatic carbocycles. The number of hydrogen-bond acceptors (Lipinski definition) is 2. The molecular formula is C9H11Cl2NO. The number of halogens is 2. The predicted molar refractivity (Wildman–Crippen MR) is 55.1 cm³/mol. The molecule has 0 fully saturated rings. The van der Waals surface area contributed by atoms with Crippen LogP contribution in [0.15, 0.2) is 18.2 Å². The molecule has 72 valence electrons. The molecule has 0 saturated heterocycles. The monoisotopic (exact) mass is 219 g/mol. The molecule has 3 N–H and O–H groups in total. The summed E-state index contributed by atoms with van der Waals surface area (Å²) in [6, 6.07) is 5.06. The predicted octanol–water partition coefficient (Wildman–Crippen LogP) is 2.38. The van der Waals surface area contributed by atoms with Crippen LogP contribution in [0.1, 0.15) is 18.0 Å². The van der Waals surface area contributed by atoms with E-state index in [2.05, 4.69) is 0 Å². The third-order valence-electron chi connectivity index (χ3n) is 1.81. The van der Waals surface area contributed by atoms with E-state index in [1.165, 1.54) is 0 Å². The summed E-state index contributed by atoms with van der Waals surface area (Å²) >= 11 is 11.5. The largest absolute Gasteiger partial charge is 0.396 e. The van der Waals surface area contributed by atoms with Crippen LogP contribution in [0.2, 0.25) is 10.0 Å². The van der Waals surface area contributed by atoms with Gasteiger partial charge in [0.1, 0.15) is 0 Å². The maximum absolute atomic E-state index is 8.68. The maximum atomic E-state index is 8.68. The first kappa shape index (κ1) is 10.8. The van der Waals surface area contributed by atoms with E-state index >= 15 is 0 Å². The maximum Gasteiger partial charge on any atom is 0.0595 e. The summed E-state index contributed by atoms with van der Waals surface area (Å²) in [6.07, 6.45) is 0.526. The first-order valence-corrected chi connectivity index (χ1v) is 4.72. The number of benzene rings is 1. The third-order valence-corrected chi connectivity index (χ3v) is 2.55. The number of aliphatic hydroxyl groups excluding tert-OH is 1. The van der Waals surface area contributed by atoms with Crippen LogP contribution in [-0.2, 0) is 0 Å². The summed E-state index contributed by atoms with van der Waals surface area (Å²) in [7, 11) is 0. The summed E-state index contributed by atoms with van der Waals surface area (Å²) in [6.45, 7) is 0.0708. The Bertz CT molecular complexity index is 291. The van der Waals surface area contributed by atoms with Gasteiger partial charge < -0.3 is 10.8 Å². The summed E-state index contributed by atoms with van der Waals surface area (Å²) in [5.41, 5.74) is 6.65. The summed E-state index contributed by atoms with van der Waals surface area (Å²) < 4.78 is 0. The zero-order valence-corrected chi connectivity index (χ0v) is 8.52. The lowest BCUT2D eigenvalue weighted by atomic mass is 10.1. The fourth-order valence-electron chi connectivity index (χ4n) is 1.05. The fraction of sp³-hybridized carbons (Fsp3) is 0.333. The minimum atomic E-state index is -0.181. The SMILES string of the molecule is N[C@@H](CCO)c1ccc(Cl)c(Cl)c1. The Morgan fingerprint density at radius 2 is 2.00 bits per heavy atom. The second kappa shape index (κ2) is 4.82. The molecule has 0 amide bonds. The molecule has 1 aromatic rings. The van der Waals surface area contributed by atoms with E-state index < -0.39 is 0 Å². The second-order valence-corrected chi connectivity index (χ2v) is 3.61. The van der Waals surface area contributed by atoms with Crippen LogP contribution in [0.4, 0.5) is 0 Å². The molecule has 0 aliphatic heterocycles. The molecule has 4 heteroatoms. The van der Waals surface area contributed by atoms with E-state index in [-0.39, 0.29) is 12.6 Å². The third kappa shape index (κ3) is 2.85. The molecule has 0 aromatic heterocycles. The van der Waals surface area contributed by atoms with E-state index in [1.54, 1.807) is 12.1 Å². The van der Waals surface area contributed by atoms with Crippen molar-refractivity contribution in [3.8, 4) is 0 Å². The molecular weight excluding hydrogens is 209 g/mol. The molecule has 0 spiro atoms. The lowest BCUT2D eigenvalue weighted by molar-refractivity contribution is 0.276. The van der Waals surface area contributed by atoms with E-state index in [0.717, 1.165) is 5.56 Å². The quantitative estimate of drug-likeness (QED) is 0.821. The molecule has 1 rings (SSSR count). The Balaban J connectivity index is 2.84. The van der Waals surface area contributed by atoms with Gasteiger partial charge in [-0.2, -0.15) is 0 Å². The highest BCUT2D eigenvalue weighted by atomic mass is 35.5. The van der Waals surface area contributed by atoms with E-state index in [9.17, 15) is 0 Å². The lowest BCUT2D eigenvalue weighted by Crippen LogP contribution is -2.11. The Morgan fingerprint density at radius 1 is 1.31 bits per heavy atom. The highest BCUT2D eigenvalue weighted by Crippen LogP contribution is 2.25. The summed E-state index contributed by atoms with van der Waals surface area (Å²) in [5.74, 6) is 0. The average Bonchev–Trinajstić information content (AvgIpc) is 2.10. The molecule has 0 radical (unpaired) electrons. The number of rotatable bonds is 3. The van der Waals surface area contributed by atoms with Gasteiger partial charge in [-0.3, -0.25) is 0 Å². The van der Waals surface area contributed by atoms with Gasteiger partial charge in [-0.05, 0) is 24.1 Å². The van der Waals surface area contributed by atoms with Crippen molar-refractivity contribution < 1.29 is 5.11 Å². The van der Waals surface area contributed by atoms with Gasteiger partial charge in [-0.1, -0.05) is 29.3 Å². The van der Waals surface area contributed by atoms with Crippen molar-refractivity contribution in [2.24, 2.45) is 5.73 Å². The highest BCUT2D eigenvalue weighted by molar-refractivity contribution is 6.42. The first-order chi connectivity index (χ1) is 6.15. The zero-order valence-electron chi connectivity index (χ0n) is 7.00. The number of nitrogens with two attached hydrogens (primary N) is 1. The second-order valence-electron chi connectivity index (χ2n) is 2.79. The molecule has 0 unspecified atom stereocenters. The van der Waals surface area contributed by atoms with Crippen molar-refractivity contribution in [2.75, 3.05) is 6.61 Å². The van der Waals surface area contributed by atoms with Crippen molar-refractivity contribution >= 4 is 23.2 Å². The molecule has 0 bridgehead atoms. The zero-order chi connectivity index (χ0) is 9.84. The van der Waals surface area contributed by atoms with Crippen molar-refractivity contribution in [3.05, 3.63) is 33.8 Å². The number of aliphatic hydroxyl groups is 1. The Labute approximate surface area is 87.3 Å². The van der Waals surface area contributed by atoms with Gasteiger partial charge in [0.2, 0.25) is 0 Å².